The van der Waals surface area contributed by atoms with E-state index in [1.54, 1.807) is 43.4 Å². The van der Waals surface area contributed by atoms with Gasteiger partial charge < -0.3 is 5.32 Å². The van der Waals surface area contributed by atoms with Gasteiger partial charge in [0, 0.05) is 42.9 Å². The zero-order chi connectivity index (χ0) is 26.9. The topological polar surface area (TPSA) is 110 Å². The zero-order valence-corrected chi connectivity index (χ0v) is 19.9. The number of para-hydroxylation sites is 1. The molecular weight excluding hydrogens is 499 g/mol. The molecule has 9 nitrogen and oxygen atoms in total. The summed E-state index contributed by atoms with van der Waals surface area (Å²) in [6.07, 6.45) is -2.83. The molecular formula is C26H20F3N7O2. The van der Waals surface area contributed by atoms with Crippen LogP contribution in [-0.4, -0.2) is 35.7 Å². The maximum Gasteiger partial charge on any atom is 0.417 e. The van der Waals surface area contributed by atoms with Gasteiger partial charge in [0.1, 0.15) is 5.82 Å². The molecule has 12 heteroatoms. The fraction of sp³-hybridized carbons (Fsp3) is 0.115. The number of aromatic amines is 1. The fourth-order valence-corrected chi connectivity index (χ4v) is 3.92. The molecule has 0 spiro atoms. The maximum absolute atomic E-state index is 13.7. The van der Waals surface area contributed by atoms with Gasteiger partial charge >= 0.3 is 6.18 Å². The van der Waals surface area contributed by atoms with Crippen molar-refractivity contribution in [1.29, 1.82) is 0 Å². The third-order valence-electron chi connectivity index (χ3n) is 5.68. The quantitative estimate of drug-likeness (QED) is 0.349. The lowest BCUT2D eigenvalue weighted by molar-refractivity contribution is -0.137. The number of nitrogens with one attached hydrogen (secondary N) is 2. The molecule has 0 aliphatic carbocycles. The fourth-order valence-electron chi connectivity index (χ4n) is 3.92. The normalized spacial score (nSPS) is 11.5. The lowest BCUT2D eigenvalue weighted by Crippen LogP contribution is -2.16. The number of carbonyl (C=O) groups excluding carboxylic acids is 1. The van der Waals surface area contributed by atoms with Crippen LogP contribution in [0.1, 0.15) is 27.3 Å². The van der Waals surface area contributed by atoms with E-state index in [1.165, 1.54) is 33.8 Å². The Labute approximate surface area is 213 Å². The first-order chi connectivity index (χ1) is 18.2. The zero-order valence-electron chi connectivity index (χ0n) is 19.9. The Morgan fingerprint density at radius 3 is 2.42 bits per heavy atom. The summed E-state index contributed by atoms with van der Waals surface area (Å²) >= 11 is 0. The lowest BCUT2D eigenvalue weighted by atomic mass is 10.0. The molecule has 0 atom stereocenters. The van der Waals surface area contributed by atoms with E-state index in [0.717, 1.165) is 12.1 Å². The molecule has 2 aromatic carbocycles. The molecule has 0 aliphatic rings. The number of halogens is 3. The van der Waals surface area contributed by atoms with Gasteiger partial charge in [0.15, 0.2) is 0 Å². The first-order valence-electron chi connectivity index (χ1n) is 11.4. The van der Waals surface area contributed by atoms with E-state index in [0.29, 0.717) is 22.9 Å². The Hall–Kier alpha value is -5.00. The van der Waals surface area contributed by atoms with Gasteiger partial charge in [-0.25, -0.2) is 9.78 Å². The Morgan fingerprint density at radius 1 is 0.974 bits per heavy atom. The minimum atomic E-state index is -4.63. The summed E-state index contributed by atoms with van der Waals surface area (Å²) in [5.41, 5.74) is 0.448. The van der Waals surface area contributed by atoms with Gasteiger partial charge in [-0.2, -0.15) is 28.5 Å². The van der Waals surface area contributed by atoms with E-state index in [4.69, 9.17) is 0 Å². The minimum Gasteiger partial charge on any atom is -0.306 e. The molecule has 38 heavy (non-hydrogen) atoms. The van der Waals surface area contributed by atoms with Crippen molar-refractivity contribution in [3.63, 3.8) is 0 Å². The van der Waals surface area contributed by atoms with Crippen LogP contribution in [0.25, 0.3) is 16.9 Å². The second-order valence-electron chi connectivity index (χ2n) is 8.44. The van der Waals surface area contributed by atoms with Crippen molar-refractivity contribution in [2.75, 3.05) is 5.32 Å². The number of aromatic nitrogens is 6. The first kappa shape index (κ1) is 24.7. The SMILES string of the molecule is Cn1ccc(-c2cc(C(=O)Nc3cc(Cc4ccc(=O)[nH]n4)nn3-c3ccccc3)ccc2C(F)(F)F)n1. The molecule has 0 bridgehead atoms. The predicted molar refractivity (Wildman–Crippen MR) is 133 cm³/mol. The van der Waals surface area contributed by atoms with Crippen LogP contribution in [0.5, 0.6) is 0 Å². The van der Waals surface area contributed by atoms with Gasteiger partial charge in [-0.3, -0.25) is 14.3 Å². The number of rotatable bonds is 6. The highest BCUT2D eigenvalue weighted by molar-refractivity contribution is 6.04. The van der Waals surface area contributed by atoms with Crippen molar-refractivity contribution in [1.82, 2.24) is 29.8 Å². The van der Waals surface area contributed by atoms with Gasteiger partial charge in [0.25, 0.3) is 11.5 Å². The molecule has 0 fully saturated rings. The third kappa shape index (κ3) is 5.24. The molecule has 192 valence electrons. The van der Waals surface area contributed by atoms with Crippen molar-refractivity contribution in [2.24, 2.45) is 7.05 Å². The van der Waals surface area contributed by atoms with E-state index in [9.17, 15) is 22.8 Å². The summed E-state index contributed by atoms with van der Waals surface area (Å²) in [4.78, 5) is 24.6. The van der Waals surface area contributed by atoms with Crippen LogP contribution in [0, 0.1) is 0 Å². The van der Waals surface area contributed by atoms with Crippen molar-refractivity contribution < 1.29 is 18.0 Å². The number of nitrogens with zero attached hydrogens (tertiary/aromatic N) is 5. The predicted octanol–water partition coefficient (Wildman–Crippen LogP) is 4.22. The summed E-state index contributed by atoms with van der Waals surface area (Å²) in [6, 6.07) is 18.2. The molecule has 1 amide bonds. The number of anilines is 1. The van der Waals surface area contributed by atoms with Crippen LogP contribution in [-0.2, 0) is 19.6 Å². The number of H-pyrrole nitrogens is 1. The number of aryl methyl sites for hydroxylation is 1. The summed E-state index contributed by atoms with van der Waals surface area (Å²) < 4.78 is 44.0. The molecule has 0 radical (unpaired) electrons. The Morgan fingerprint density at radius 2 is 1.76 bits per heavy atom. The van der Waals surface area contributed by atoms with Crippen molar-refractivity contribution in [2.45, 2.75) is 12.6 Å². The molecule has 5 aromatic rings. The average molecular weight is 519 g/mol. The first-order valence-corrected chi connectivity index (χ1v) is 11.4. The highest BCUT2D eigenvalue weighted by Crippen LogP contribution is 2.37. The van der Waals surface area contributed by atoms with Gasteiger partial charge in [-0.15, -0.1) is 0 Å². The largest absolute Gasteiger partial charge is 0.417 e. The molecule has 3 aromatic heterocycles. The summed E-state index contributed by atoms with van der Waals surface area (Å²) in [7, 11) is 1.60. The van der Waals surface area contributed by atoms with E-state index < -0.39 is 17.6 Å². The highest BCUT2D eigenvalue weighted by Gasteiger charge is 2.34. The van der Waals surface area contributed by atoms with Crippen LogP contribution in [0.15, 0.2) is 83.8 Å². The standard InChI is InChI=1S/C26H20F3N7O2/c1-35-12-11-22(34-35)20-13-16(7-9-21(20)26(27,28)29)25(38)30-23-15-18(14-17-8-10-24(37)32-31-17)33-36(23)19-5-3-2-4-6-19/h2-13,15H,14H2,1H3,(H,30,38)(H,32,37). The molecule has 0 aliphatic heterocycles. The lowest BCUT2D eigenvalue weighted by Gasteiger charge is -2.14. The Kier molecular flexibility index (Phi) is 6.37. The van der Waals surface area contributed by atoms with Crippen molar-refractivity contribution in [3.05, 3.63) is 112 Å². The highest BCUT2D eigenvalue weighted by atomic mass is 19.4. The smallest absolute Gasteiger partial charge is 0.306 e. The van der Waals surface area contributed by atoms with Crippen LogP contribution in [0.3, 0.4) is 0 Å². The minimum absolute atomic E-state index is 0.0170. The van der Waals surface area contributed by atoms with Crippen molar-refractivity contribution >= 4 is 11.7 Å². The molecule has 5 rings (SSSR count). The molecule has 0 unspecified atom stereocenters. The van der Waals surface area contributed by atoms with Crippen LogP contribution in [0.2, 0.25) is 0 Å². The van der Waals surface area contributed by atoms with Crippen molar-refractivity contribution in [3.8, 4) is 16.9 Å². The molecule has 3 heterocycles. The van der Waals surface area contributed by atoms with E-state index in [-0.39, 0.29) is 28.8 Å². The number of hydrogen-bond donors (Lipinski definition) is 2. The van der Waals surface area contributed by atoms with Crippen LogP contribution < -0.4 is 10.9 Å². The monoisotopic (exact) mass is 519 g/mol. The molecule has 0 saturated heterocycles. The van der Waals surface area contributed by atoms with Gasteiger partial charge in [-0.05, 0) is 42.5 Å². The Bertz CT molecular complexity index is 1650. The number of hydrogen-bond acceptors (Lipinski definition) is 5. The number of alkyl halides is 3. The van der Waals surface area contributed by atoms with Crippen LogP contribution in [0.4, 0.5) is 19.0 Å². The number of carbonyl (C=O) groups is 1. The summed E-state index contributed by atoms with van der Waals surface area (Å²) in [5.74, 6) is -0.318. The summed E-state index contributed by atoms with van der Waals surface area (Å²) in [5, 5.41) is 17.8. The van der Waals surface area contributed by atoms with Gasteiger partial charge in [0.2, 0.25) is 0 Å². The van der Waals surface area contributed by atoms with E-state index in [1.807, 2.05) is 6.07 Å². The van der Waals surface area contributed by atoms with Gasteiger partial charge in [0.05, 0.1) is 28.3 Å². The molecule has 2 N–H and O–H groups in total. The maximum atomic E-state index is 13.7. The number of amides is 1. The Balaban J connectivity index is 1.50. The number of benzene rings is 2. The summed E-state index contributed by atoms with van der Waals surface area (Å²) in [6.45, 7) is 0. The third-order valence-corrected chi connectivity index (χ3v) is 5.68. The average Bonchev–Trinajstić information content (AvgIpc) is 3.51. The molecule has 0 saturated carbocycles. The van der Waals surface area contributed by atoms with Crippen LogP contribution >= 0.6 is 0 Å². The van der Waals surface area contributed by atoms with E-state index in [2.05, 4.69) is 25.7 Å². The second kappa shape index (κ2) is 9.81. The van der Waals surface area contributed by atoms with Gasteiger partial charge in [-0.1, -0.05) is 18.2 Å². The second-order valence-corrected chi connectivity index (χ2v) is 8.44. The van der Waals surface area contributed by atoms with E-state index >= 15 is 0 Å².